The third-order valence-electron chi connectivity index (χ3n) is 2.70. The van der Waals surface area contributed by atoms with E-state index in [4.69, 9.17) is 11.6 Å². The minimum atomic E-state index is 0.0225. The second kappa shape index (κ2) is 5.90. The fourth-order valence-electron chi connectivity index (χ4n) is 1.29. The monoisotopic (exact) mass is 239 g/mol. The topological polar surface area (TPSA) is 29.1 Å². The summed E-state index contributed by atoms with van der Waals surface area (Å²) in [7, 11) is 0. The molecule has 1 rings (SSSR count). The fraction of sp³-hybridized carbons (Fsp3) is 0.462. The molecule has 1 amide bonds. The van der Waals surface area contributed by atoms with Crippen molar-refractivity contribution < 1.29 is 4.79 Å². The van der Waals surface area contributed by atoms with Crippen molar-refractivity contribution in [2.24, 2.45) is 5.92 Å². The van der Waals surface area contributed by atoms with Crippen molar-refractivity contribution in [3.05, 3.63) is 34.9 Å². The Balaban J connectivity index is 2.55. The lowest BCUT2D eigenvalue weighted by atomic mass is 10.1. The molecule has 0 bridgehead atoms. The highest BCUT2D eigenvalue weighted by molar-refractivity contribution is 6.31. The van der Waals surface area contributed by atoms with Crippen molar-refractivity contribution in [2.75, 3.05) is 0 Å². The SMILES string of the molecule is CC(C)[C@H](C)NC(=O)Cc1ccccc1Cl. The van der Waals surface area contributed by atoms with Gasteiger partial charge in [-0.2, -0.15) is 0 Å². The zero-order valence-corrected chi connectivity index (χ0v) is 10.7. The number of hydrogen-bond acceptors (Lipinski definition) is 1. The summed E-state index contributed by atoms with van der Waals surface area (Å²) in [5.74, 6) is 0.462. The van der Waals surface area contributed by atoms with E-state index in [-0.39, 0.29) is 11.9 Å². The van der Waals surface area contributed by atoms with E-state index >= 15 is 0 Å². The Morgan fingerprint density at radius 2 is 1.94 bits per heavy atom. The number of halogens is 1. The minimum Gasteiger partial charge on any atom is -0.353 e. The predicted octanol–water partition coefficient (Wildman–Crippen LogP) is 3.04. The van der Waals surface area contributed by atoms with Crippen molar-refractivity contribution in [1.82, 2.24) is 5.32 Å². The first-order valence-electron chi connectivity index (χ1n) is 5.53. The van der Waals surface area contributed by atoms with Gasteiger partial charge in [-0.25, -0.2) is 0 Å². The summed E-state index contributed by atoms with van der Waals surface area (Å²) in [6.45, 7) is 6.18. The molecule has 1 aromatic carbocycles. The molecule has 88 valence electrons. The molecule has 2 nitrogen and oxygen atoms in total. The van der Waals surface area contributed by atoms with Crippen LogP contribution in [-0.4, -0.2) is 11.9 Å². The molecule has 1 atom stereocenters. The van der Waals surface area contributed by atoms with E-state index in [1.54, 1.807) is 6.07 Å². The number of amides is 1. The van der Waals surface area contributed by atoms with E-state index in [0.717, 1.165) is 5.56 Å². The lowest BCUT2D eigenvalue weighted by Gasteiger charge is -2.17. The lowest BCUT2D eigenvalue weighted by molar-refractivity contribution is -0.121. The summed E-state index contributed by atoms with van der Waals surface area (Å²) >= 11 is 5.99. The highest BCUT2D eigenvalue weighted by atomic mass is 35.5. The molecule has 0 aliphatic rings. The second-order valence-corrected chi connectivity index (χ2v) is 4.78. The van der Waals surface area contributed by atoms with Crippen molar-refractivity contribution in [3.8, 4) is 0 Å². The van der Waals surface area contributed by atoms with Crippen molar-refractivity contribution in [2.45, 2.75) is 33.2 Å². The van der Waals surface area contributed by atoms with Crippen LogP contribution in [0.2, 0.25) is 5.02 Å². The van der Waals surface area contributed by atoms with E-state index in [0.29, 0.717) is 17.4 Å². The molecule has 3 heteroatoms. The van der Waals surface area contributed by atoms with E-state index in [1.165, 1.54) is 0 Å². The maximum Gasteiger partial charge on any atom is 0.224 e. The van der Waals surface area contributed by atoms with Gasteiger partial charge >= 0.3 is 0 Å². The van der Waals surface area contributed by atoms with Gasteiger partial charge in [0.25, 0.3) is 0 Å². The van der Waals surface area contributed by atoms with E-state index in [9.17, 15) is 4.79 Å². The molecular formula is C13H18ClNO. The average Bonchev–Trinajstić information content (AvgIpc) is 2.21. The molecule has 0 fully saturated rings. The molecule has 0 spiro atoms. The third kappa shape index (κ3) is 3.86. The van der Waals surface area contributed by atoms with Gasteiger partial charge in [0.15, 0.2) is 0 Å². The van der Waals surface area contributed by atoms with Gasteiger partial charge in [-0.05, 0) is 24.5 Å². The van der Waals surface area contributed by atoms with Gasteiger partial charge in [0.1, 0.15) is 0 Å². The van der Waals surface area contributed by atoms with Gasteiger partial charge < -0.3 is 5.32 Å². The van der Waals surface area contributed by atoms with Crippen LogP contribution in [0, 0.1) is 5.92 Å². The lowest BCUT2D eigenvalue weighted by Crippen LogP contribution is -2.37. The highest BCUT2D eigenvalue weighted by Crippen LogP contribution is 2.15. The van der Waals surface area contributed by atoms with Gasteiger partial charge in [-0.15, -0.1) is 0 Å². The Labute approximate surface area is 102 Å². The van der Waals surface area contributed by atoms with Crippen LogP contribution in [0.15, 0.2) is 24.3 Å². The fourth-order valence-corrected chi connectivity index (χ4v) is 1.49. The summed E-state index contributed by atoms with van der Waals surface area (Å²) in [4.78, 5) is 11.7. The molecule has 0 aromatic heterocycles. The molecule has 16 heavy (non-hydrogen) atoms. The van der Waals surface area contributed by atoms with E-state index in [2.05, 4.69) is 19.2 Å². The zero-order valence-electron chi connectivity index (χ0n) is 9.96. The third-order valence-corrected chi connectivity index (χ3v) is 3.07. The number of nitrogens with one attached hydrogen (secondary N) is 1. The van der Waals surface area contributed by atoms with Crippen molar-refractivity contribution in [1.29, 1.82) is 0 Å². The molecule has 1 N–H and O–H groups in total. The average molecular weight is 240 g/mol. The number of carbonyl (C=O) groups is 1. The molecule has 0 unspecified atom stereocenters. The Bertz CT molecular complexity index is 363. The summed E-state index contributed by atoms with van der Waals surface area (Å²) < 4.78 is 0. The summed E-state index contributed by atoms with van der Waals surface area (Å²) in [6, 6.07) is 7.62. The van der Waals surface area contributed by atoms with Gasteiger partial charge in [0.2, 0.25) is 5.91 Å². The Hall–Kier alpha value is -1.02. The molecule has 0 saturated carbocycles. The highest BCUT2D eigenvalue weighted by Gasteiger charge is 2.12. The molecule has 0 saturated heterocycles. The number of carbonyl (C=O) groups excluding carboxylic acids is 1. The van der Waals surface area contributed by atoms with Crippen LogP contribution in [0.25, 0.3) is 0 Å². The van der Waals surface area contributed by atoms with Gasteiger partial charge in [0, 0.05) is 11.1 Å². The largest absolute Gasteiger partial charge is 0.353 e. The quantitative estimate of drug-likeness (QED) is 0.860. The summed E-state index contributed by atoms with van der Waals surface area (Å²) in [5.41, 5.74) is 0.873. The smallest absolute Gasteiger partial charge is 0.224 e. The van der Waals surface area contributed by atoms with Crippen molar-refractivity contribution in [3.63, 3.8) is 0 Å². The molecule has 1 aromatic rings. The molecular weight excluding hydrogens is 222 g/mol. The van der Waals surface area contributed by atoms with Gasteiger partial charge in [-0.3, -0.25) is 4.79 Å². The van der Waals surface area contributed by atoms with Crippen LogP contribution in [0.5, 0.6) is 0 Å². The first-order chi connectivity index (χ1) is 7.50. The normalized spacial score (nSPS) is 12.6. The zero-order chi connectivity index (χ0) is 12.1. The first-order valence-corrected chi connectivity index (χ1v) is 5.91. The maximum absolute atomic E-state index is 11.7. The maximum atomic E-state index is 11.7. The number of hydrogen-bond donors (Lipinski definition) is 1. The number of rotatable bonds is 4. The summed E-state index contributed by atoms with van der Waals surface area (Å²) in [5, 5.41) is 3.61. The van der Waals surface area contributed by atoms with Crippen LogP contribution in [0.1, 0.15) is 26.3 Å². The predicted molar refractivity (Wildman–Crippen MR) is 67.6 cm³/mol. The first kappa shape index (κ1) is 13.0. The second-order valence-electron chi connectivity index (χ2n) is 4.37. The summed E-state index contributed by atoms with van der Waals surface area (Å²) in [6.07, 6.45) is 0.344. The Kier molecular flexibility index (Phi) is 4.81. The van der Waals surface area contributed by atoms with E-state index in [1.807, 2.05) is 25.1 Å². The minimum absolute atomic E-state index is 0.0225. The van der Waals surface area contributed by atoms with Crippen molar-refractivity contribution >= 4 is 17.5 Å². The Morgan fingerprint density at radius 3 is 2.50 bits per heavy atom. The molecule has 0 radical (unpaired) electrons. The van der Waals surface area contributed by atoms with E-state index < -0.39 is 0 Å². The molecule has 0 aliphatic carbocycles. The Morgan fingerprint density at radius 1 is 1.31 bits per heavy atom. The van der Waals surface area contributed by atoms with Crippen LogP contribution < -0.4 is 5.32 Å². The van der Waals surface area contributed by atoms with Crippen LogP contribution in [0.4, 0.5) is 0 Å². The van der Waals surface area contributed by atoms with Gasteiger partial charge in [-0.1, -0.05) is 43.6 Å². The van der Waals surface area contributed by atoms with Crippen LogP contribution in [-0.2, 0) is 11.2 Å². The molecule has 0 aliphatic heterocycles. The molecule has 0 heterocycles. The standard InChI is InChI=1S/C13H18ClNO/c1-9(2)10(3)15-13(16)8-11-6-4-5-7-12(11)14/h4-7,9-10H,8H2,1-3H3,(H,15,16)/t10-/m0/s1. The van der Waals surface area contributed by atoms with Gasteiger partial charge in [0.05, 0.1) is 6.42 Å². The number of benzene rings is 1. The van der Waals surface area contributed by atoms with Crippen LogP contribution >= 0.6 is 11.6 Å². The van der Waals surface area contributed by atoms with Crippen LogP contribution in [0.3, 0.4) is 0 Å².